The molecule has 0 amide bonds. The molecule has 1 fully saturated rings. The van der Waals surface area contributed by atoms with Gasteiger partial charge in [0.25, 0.3) is 0 Å². The number of anilines is 1. The molecule has 3 heteroatoms. The first-order valence-corrected chi connectivity index (χ1v) is 7.73. The lowest BCUT2D eigenvalue weighted by molar-refractivity contribution is 0.243. The molecule has 0 aromatic heterocycles. The normalized spacial score (nSPS) is 16.9. The van der Waals surface area contributed by atoms with E-state index < -0.39 is 0 Å². The number of hydrogen-bond acceptors (Lipinski definition) is 3. The van der Waals surface area contributed by atoms with Gasteiger partial charge in [0.2, 0.25) is 0 Å². The Morgan fingerprint density at radius 1 is 1.10 bits per heavy atom. The minimum atomic E-state index is 0.332. The summed E-state index contributed by atoms with van der Waals surface area (Å²) in [5.41, 5.74) is 1.63. The van der Waals surface area contributed by atoms with Crippen molar-refractivity contribution >= 4 is 5.69 Å². The van der Waals surface area contributed by atoms with Crippen LogP contribution < -0.4 is 15.0 Å². The van der Waals surface area contributed by atoms with Gasteiger partial charge in [-0.2, -0.15) is 0 Å². The maximum absolute atomic E-state index is 5.82. The smallest absolute Gasteiger partial charge is 0.119 e. The fourth-order valence-corrected chi connectivity index (χ4v) is 2.33. The van der Waals surface area contributed by atoms with E-state index in [0.29, 0.717) is 5.41 Å². The molecule has 1 aliphatic heterocycles. The Kier molecular flexibility index (Phi) is 5.30. The van der Waals surface area contributed by atoms with Crippen LogP contribution in [0.2, 0.25) is 0 Å². The molecular weight excluding hydrogens is 248 g/mol. The van der Waals surface area contributed by atoms with Crippen molar-refractivity contribution in [1.82, 2.24) is 5.32 Å². The Balaban J connectivity index is 1.85. The summed E-state index contributed by atoms with van der Waals surface area (Å²) in [5.74, 6) is 0.978. The van der Waals surface area contributed by atoms with Crippen LogP contribution in [0.5, 0.6) is 5.75 Å². The molecule has 1 aliphatic rings. The number of nitrogens with one attached hydrogen (secondary N) is 1. The second kappa shape index (κ2) is 6.98. The topological polar surface area (TPSA) is 24.5 Å². The Morgan fingerprint density at radius 3 is 2.55 bits per heavy atom. The molecule has 0 spiro atoms. The van der Waals surface area contributed by atoms with Crippen molar-refractivity contribution in [3.63, 3.8) is 0 Å². The maximum atomic E-state index is 5.82. The van der Waals surface area contributed by atoms with E-state index in [-0.39, 0.29) is 0 Å². The highest BCUT2D eigenvalue weighted by atomic mass is 16.5. The summed E-state index contributed by atoms with van der Waals surface area (Å²) in [5, 5.41) is 3.43. The quantitative estimate of drug-likeness (QED) is 0.913. The van der Waals surface area contributed by atoms with Crippen LogP contribution in [-0.4, -0.2) is 32.8 Å². The molecule has 0 unspecified atom stereocenters. The largest absolute Gasteiger partial charge is 0.494 e. The van der Waals surface area contributed by atoms with E-state index in [4.69, 9.17) is 4.74 Å². The lowest BCUT2D eigenvalue weighted by Crippen LogP contribution is -2.27. The second-order valence-corrected chi connectivity index (χ2v) is 6.74. The molecule has 0 atom stereocenters. The van der Waals surface area contributed by atoms with Crippen LogP contribution in [0, 0.1) is 5.41 Å². The third-order valence-electron chi connectivity index (χ3n) is 3.66. The number of nitrogens with zero attached hydrogens (tertiary/aromatic N) is 1. The van der Waals surface area contributed by atoms with Crippen molar-refractivity contribution in [3.05, 3.63) is 24.3 Å². The van der Waals surface area contributed by atoms with Gasteiger partial charge in [-0.3, -0.25) is 0 Å². The number of hydrogen-bond donors (Lipinski definition) is 1. The van der Waals surface area contributed by atoms with Crippen LogP contribution in [0.15, 0.2) is 24.3 Å². The molecule has 112 valence electrons. The minimum Gasteiger partial charge on any atom is -0.494 e. The summed E-state index contributed by atoms with van der Waals surface area (Å²) in [6.07, 6.45) is 2.29. The van der Waals surface area contributed by atoms with E-state index in [0.717, 1.165) is 45.0 Å². The van der Waals surface area contributed by atoms with Crippen LogP contribution in [0.3, 0.4) is 0 Å². The summed E-state index contributed by atoms with van der Waals surface area (Å²) in [7, 11) is 0. The van der Waals surface area contributed by atoms with Gasteiger partial charge in [-0.15, -0.1) is 0 Å². The molecule has 0 radical (unpaired) electrons. The first-order valence-electron chi connectivity index (χ1n) is 7.73. The molecule has 1 heterocycles. The molecule has 0 aliphatic carbocycles. The van der Waals surface area contributed by atoms with Crippen LogP contribution in [0.1, 0.15) is 33.6 Å². The average Bonchev–Trinajstić information content (AvgIpc) is 2.67. The third-order valence-corrected chi connectivity index (χ3v) is 3.66. The number of benzene rings is 1. The first kappa shape index (κ1) is 15.2. The first-order chi connectivity index (χ1) is 9.54. The number of rotatable bonds is 4. The summed E-state index contributed by atoms with van der Waals surface area (Å²) in [4.78, 5) is 2.44. The van der Waals surface area contributed by atoms with Crippen LogP contribution in [0.25, 0.3) is 0 Å². The molecule has 1 saturated heterocycles. The predicted molar refractivity (Wildman–Crippen MR) is 85.7 cm³/mol. The standard InChI is InChI=1S/C17H28N2O/c1-17(2,3)9-14-20-16-7-5-15(6-8-16)19-12-4-10-18-11-13-19/h5-8,18H,4,9-14H2,1-3H3. The molecule has 2 rings (SSSR count). The molecule has 20 heavy (non-hydrogen) atoms. The van der Waals surface area contributed by atoms with Crippen molar-refractivity contribution in [3.8, 4) is 5.75 Å². The second-order valence-electron chi connectivity index (χ2n) is 6.74. The van der Waals surface area contributed by atoms with Crippen LogP contribution in [0.4, 0.5) is 5.69 Å². The van der Waals surface area contributed by atoms with E-state index in [2.05, 4.69) is 55.3 Å². The van der Waals surface area contributed by atoms with Gasteiger partial charge in [0.05, 0.1) is 6.61 Å². The zero-order chi connectivity index (χ0) is 14.4. The van der Waals surface area contributed by atoms with E-state index >= 15 is 0 Å². The van der Waals surface area contributed by atoms with Crippen molar-refractivity contribution in [2.75, 3.05) is 37.7 Å². The molecule has 1 aromatic rings. The molecule has 0 bridgehead atoms. The van der Waals surface area contributed by atoms with E-state index in [1.54, 1.807) is 0 Å². The zero-order valence-corrected chi connectivity index (χ0v) is 13.1. The Morgan fingerprint density at radius 2 is 1.85 bits per heavy atom. The van der Waals surface area contributed by atoms with E-state index in [9.17, 15) is 0 Å². The van der Waals surface area contributed by atoms with E-state index in [1.165, 1.54) is 12.1 Å². The highest BCUT2D eigenvalue weighted by Crippen LogP contribution is 2.22. The molecule has 3 nitrogen and oxygen atoms in total. The fourth-order valence-electron chi connectivity index (χ4n) is 2.33. The lowest BCUT2D eigenvalue weighted by Gasteiger charge is -2.22. The van der Waals surface area contributed by atoms with Gasteiger partial charge in [0, 0.05) is 25.3 Å². The van der Waals surface area contributed by atoms with Gasteiger partial charge in [0.15, 0.2) is 0 Å². The van der Waals surface area contributed by atoms with E-state index in [1.807, 2.05) is 0 Å². The molecular formula is C17H28N2O. The summed E-state index contributed by atoms with van der Waals surface area (Å²) in [6, 6.07) is 8.54. The molecule has 1 aromatic carbocycles. The Labute approximate surface area is 123 Å². The summed E-state index contributed by atoms with van der Waals surface area (Å²) in [6.45, 7) is 11.9. The fraction of sp³-hybridized carbons (Fsp3) is 0.647. The summed E-state index contributed by atoms with van der Waals surface area (Å²) < 4.78 is 5.82. The third kappa shape index (κ3) is 5.04. The molecule has 0 saturated carbocycles. The SMILES string of the molecule is CC(C)(C)CCOc1ccc(N2CCCNCC2)cc1. The average molecular weight is 276 g/mol. The number of ether oxygens (including phenoxy) is 1. The van der Waals surface area contributed by atoms with Gasteiger partial charge < -0.3 is 15.0 Å². The van der Waals surface area contributed by atoms with Crippen LogP contribution >= 0.6 is 0 Å². The lowest BCUT2D eigenvalue weighted by atomic mass is 9.93. The molecule has 1 N–H and O–H groups in total. The van der Waals surface area contributed by atoms with Crippen LogP contribution in [-0.2, 0) is 0 Å². The maximum Gasteiger partial charge on any atom is 0.119 e. The van der Waals surface area contributed by atoms with Gasteiger partial charge in [-0.25, -0.2) is 0 Å². The minimum absolute atomic E-state index is 0.332. The highest BCUT2D eigenvalue weighted by molar-refractivity contribution is 5.49. The monoisotopic (exact) mass is 276 g/mol. The summed E-state index contributed by atoms with van der Waals surface area (Å²) >= 11 is 0. The predicted octanol–water partition coefficient (Wildman–Crippen LogP) is 3.30. The highest BCUT2D eigenvalue weighted by Gasteiger charge is 2.11. The van der Waals surface area contributed by atoms with Gasteiger partial charge in [-0.05, 0) is 49.1 Å². The Hall–Kier alpha value is -1.22. The van der Waals surface area contributed by atoms with Gasteiger partial charge in [0.1, 0.15) is 5.75 Å². The van der Waals surface area contributed by atoms with Gasteiger partial charge in [-0.1, -0.05) is 20.8 Å². The van der Waals surface area contributed by atoms with Gasteiger partial charge >= 0.3 is 0 Å². The zero-order valence-electron chi connectivity index (χ0n) is 13.1. The van der Waals surface area contributed by atoms with Crippen molar-refractivity contribution in [2.24, 2.45) is 5.41 Å². The Bertz CT molecular complexity index is 386. The van der Waals surface area contributed by atoms with Crippen molar-refractivity contribution < 1.29 is 4.74 Å². The van der Waals surface area contributed by atoms with Crippen molar-refractivity contribution in [2.45, 2.75) is 33.6 Å². The van der Waals surface area contributed by atoms with Crippen molar-refractivity contribution in [1.29, 1.82) is 0 Å².